The van der Waals surface area contributed by atoms with Crippen molar-refractivity contribution in [2.45, 2.75) is 10.9 Å². The summed E-state index contributed by atoms with van der Waals surface area (Å²) in [4.78, 5) is 8.69. The lowest BCUT2D eigenvalue weighted by Crippen LogP contribution is -2.30. The molecule has 1 atom stereocenters. The van der Waals surface area contributed by atoms with Crippen LogP contribution in [0.3, 0.4) is 0 Å². The van der Waals surface area contributed by atoms with Gasteiger partial charge in [-0.2, -0.15) is 0 Å². The summed E-state index contributed by atoms with van der Waals surface area (Å²) in [6, 6.07) is 0. The maximum atomic E-state index is 10.6. The highest BCUT2D eigenvalue weighted by Gasteiger charge is 2.33. The van der Waals surface area contributed by atoms with Gasteiger partial charge in [0.15, 0.2) is 11.9 Å². The molecule has 0 saturated carbocycles. The average Bonchev–Trinajstić information content (AvgIpc) is 2.56. The Morgan fingerprint density at radius 3 is 2.36 bits per heavy atom. The van der Waals surface area contributed by atoms with Gasteiger partial charge in [-0.3, -0.25) is 10.1 Å². The zero-order chi connectivity index (χ0) is 10.7. The van der Waals surface area contributed by atoms with Crippen LogP contribution in [0.15, 0.2) is 11.5 Å². The first-order chi connectivity index (χ1) is 6.54. The molecule has 6 nitrogen and oxygen atoms in total. The standard InChI is InChI=1S/C6H9Cl2N3O3/c7-5(8)4(12)3(11(13)14)6-9-1-2-10-6/h4-5,9-10,12H,1-2H2. The van der Waals surface area contributed by atoms with Crippen LogP contribution >= 0.6 is 23.2 Å². The summed E-state index contributed by atoms with van der Waals surface area (Å²) in [7, 11) is 0. The molecule has 1 aliphatic rings. The number of aliphatic hydroxyl groups excluding tert-OH is 1. The van der Waals surface area contributed by atoms with Crippen molar-refractivity contribution in [3.63, 3.8) is 0 Å². The van der Waals surface area contributed by atoms with E-state index in [0.717, 1.165) is 0 Å². The fourth-order valence-corrected chi connectivity index (χ4v) is 1.32. The summed E-state index contributed by atoms with van der Waals surface area (Å²) in [5.74, 6) is 0.175. The fourth-order valence-electron chi connectivity index (χ4n) is 1.09. The Morgan fingerprint density at radius 2 is 2.00 bits per heavy atom. The minimum absolute atomic E-state index is 0.175. The summed E-state index contributed by atoms with van der Waals surface area (Å²) in [6.45, 7) is 1.13. The third kappa shape index (κ3) is 2.40. The highest BCUT2D eigenvalue weighted by molar-refractivity contribution is 6.44. The first-order valence-electron chi connectivity index (χ1n) is 3.86. The van der Waals surface area contributed by atoms with E-state index in [9.17, 15) is 15.2 Å². The number of nitrogens with one attached hydrogen (secondary N) is 2. The third-order valence-electron chi connectivity index (χ3n) is 1.70. The van der Waals surface area contributed by atoms with Gasteiger partial charge >= 0.3 is 5.70 Å². The van der Waals surface area contributed by atoms with Crippen LogP contribution in [0.4, 0.5) is 0 Å². The number of hydrogen-bond donors (Lipinski definition) is 3. The van der Waals surface area contributed by atoms with Gasteiger partial charge in [0.1, 0.15) is 4.84 Å². The van der Waals surface area contributed by atoms with Crippen molar-refractivity contribution in [1.82, 2.24) is 10.6 Å². The van der Waals surface area contributed by atoms with E-state index in [1.54, 1.807) is 0 Å². The van der Waals surface area contributed by atoms with Gasteiger partial charge in [0.05, 0.1) is 4.92 Å². The normalized spacial score (nSPS) is 17.6. The zero-order valence-corrected chi connectivity index (χ0v) is 8.55. The van der Waals surface area contributed by atoms with Gasteiger partial charge in [0.2, 0.25) is 0 Å². The van der Waals surface area contributed by atoms with E-state index in [4.69, 9.17) is 23.2 Å². The molecule has 1 rings (SSSR count). The molecule has 1 unspecified atom stereocenters. The van der Waals surface area contributed by atoms with Crippen molar-refractivity contribution in [1.29, 1.82) is 0 Å². The maximum Gasteiger partial charge on any atom is 0.316 e. The molecule has 8 heteroatoms. The lowest BCUT2D eigenvalue weighted by atomic mass is 10.3. The number of aliphatic hydroxyl groups is 1. The maximum absolute atomic E-state index is 10.6. The van der Waals surface area contributed by atoms with Crippen molar-refractivity contribution < 1.29 is 10.0 Å². The molecule has 1 heterocycles. The van der Waals surface area contributed by atoms with Gasteiger partial charge in [0.25, 0.3) is 0 Å². The van der Waals surface area contributed by atoms with Crippen LogP contribution in [0.2, 0.25) is 0 Å². The molecule has 0 aromatic rings. The predicted molar refractivity (Wildman–Crippen MR) is 51.5 cm³/mol. The first-order valence-corrected chi connectivity index (χ1v) is 4.74. The molecule has 1 aliphatic heterocycles. The third-order valence-corrected chi connectivity index (χ3v) is 2.18. The molecule has 0 radical (unpaired) electrons. The summed E-state index contributed by atoms with van der Waals surface area (Å²) < 4.78 is 0. The highest BCUT2D eigenvalue weighted by atomic mass is 35.5. The molecule has 0 aromatic heterocycles. The van der Waals surface area contributed by atoms with Crippen LogP contribution < -0.4 is 10.6 Å². The van der Waals surface area contributed by atoms with E-state index in [1.807, 2.05) is 0 Å². The number of nitro groups is 1. The van der Waals surface area contributed by atoms with Crippen LogP contribution in [0.5, 0.6) is 0 Å². The average molecular weight is 242 g/mol. The second kappa shape index (κ2) is 4.68. The van der Waals surface area contributed by atoms with Crippen LogP contribution in [0.1, 0.15) is 0 Å². The van der Waals surface area contributed by atoms with Crippen LogP contribution in [-0.2, 0) is 0 Å². The molecule has 3 N–H and O–H groups in total. The minimum Gasteiger partial charge on any atom is -0.379 e. The smallest absolute Gasteiger partial charge is 0.316 e. The number of nitrogens with zero attached hydrogens (tertiary/aromatic N) is 1. The van der Waals surface area contributed by atoms with Crippen molar-refractivity contribution in [3.8, 4) is 0 Å². The Morgan fingerprint density at radius 1 is 1.50 bits per heavy atom. The minimum atomic E-state index is -1.51. The lowest BCUT2D eigenvalue weighted by molar-refractivity contribution is -0.437. The van der Waals surface area contributed by atoms with Crippen molar-refractivity contribution in [3.05, 3.63) is 21.6 Å². The molecule has 1 saturated heterocycles. The fraction of sp³-hybridized carbons (Fsp3) is 0.667. The molecule has 0 aromatic carbocycles. The molecule has 0 bridgehead atoms. The molecule has 0 aliphatic carbocycles. The summed E-state index contributed by atoms with van der Waals surface area (Å²) in [6.07, 6.45) is -1.51. The van der Waals surface area contributed by atoms with Crippen LogP contribution in [0, 0.1) is 10.1 Å². The quantitative estimate of drug-likeness (QED) is 0.362. The van der Waals surface area contributed by atoms with Gasteiger partial charge in [-0.1, -0.05) is 0 Å². The molecule has 14 heavy (non-hydrogen) atoms. The molecule has 80 valence electrons. The van der Waals surface area contributed by atoms with E-state index in [1.165, 1.54) is 0 Å². The SMILES string of the molecule is O=[N+]([O-])C(=C1NCCN1)C(O)C(Cl)Cl. The molecule has 0 spiro atoms. The van der Waals surface area contributed by atoms with Crippen LogP contribution in [-0.4, -0.2) is 34.1 Å². The van der Waals surface area contributed by atoms with E-state index in [-0.39, 0.29) is 5.82 Å². The summed E-state index contributed by atoms with van der Waals surface area (Å²) in [5.41, 5.74) is -0.433. The van der Waals surface area contributed by atoms with Crippen molar-refractivity contribution >= 4 is 23.2 Å². The van der Waals surface area contributed by atoms with Gasteiger partial charge in [0, 0.05) is 13.1 Å². The lowest BCUT2D eigenvalue weighted by Gasteiger charge is -2.10. The number of halogens is 2. The topological polar surface area (TPSA) is 87.4 Å². The Balaban J connectivity index is 2.94. The van der Waals surface area contributed by atoms with Gasteiger partial charge in [-0.25, -0.2) is 0 Å². The molecule has 1 fully saturated rings. The second-order valence-corrected chi connectivity index (χ2v) is 3.81. The zero-order valence-electron chi connectivity index (χ0n) is 7.04. The Labute approximate surface area is 90.0 Å². The van der Waals surface area contributed by atoms with E-state index in [2.05, 4.69) is 10.6 Å². The highest BCUT2D eigenvalue weighted by Crippen LogP contribution is 2.18. The van der Waals surface area contributed by atoms with E-state index in [0.29, 0.717) is 13.1 Å². The summed E-state index contributed by atoms with van der Waals surface area (Å²) >= 11 is 10.7. The van der Waals surface area contributed by atoms with Gasteiger partial charge in [-0.05, 0) is 0 Å². The second-order valence-electron chi connectivity index (χ2n) is 2.65. The molecule has 0 amide bonds. The first kappa shape index (κ1) is 11.4. The Bertz CT molecular complexity index is 261. The number of rotatable bonds is 3. The Hall–Kier alpha value is -0.720. The summed E-state index contributed by atoms with van der Waals surface area (Å²) in [5, 5.41) is 25.4. The van der Waals surface area contributed by atoms with Gasteiger partial charge < -0.3 is 15.7 Å². The number of hydrogen-bond acceptors (Lipinski definition) is 5. The van der Waals surface area contributed by atoms with Crippen LogP contribution in [0.25, 0.3) is 0 Å². The van der Waals surface area contributed by atoms with E-state index < -0.39 is 21.6 Å². The molecular weight excluding hydrogens is 233 g/mol. The monoisotopic (exact) mass is 241 g/mol. The molecular formula is C6H9Cl2N3O3. The largest absolute Gasteiger partial charge is 0.379 e. The van der Waals surface area contributed by atoms with Crippen molar-refractivity contribution in [2.24, 2.45) is 0 Å². The predicted octanol–water partition coefficient (Wildman–Crippen LogP) is -0.210. The van der Waals surface area contributed by atoms with E-state index >= 15 is 0 Å². The Kier molecular flexibility index (Phi) is 3.79. The number of alkyl halides is 2. The van der Waals surface area contributed by atoms with Gasteiger partial charge in [-0.15, -0.1) is 23.2 Å². The van der Waals surface area contributed by atoms with Crippen molar-refractivity contribution in [2.75, 3.05) is 13.1 Å².